The van der Waals surface area contributed by atoms with Crippen LogP contribution in [0.25, 0.3) is 10.8 Å². The summed E-state index contributed by atoms with van der Waals surface area (Å²) in [5, 5.41) is 7.41. The fourth-order valence-corrected chi connectivity index (χ4v) is 3.14. The maximum absolute atomic E-state index is 11.0. The van der Waals surface area contributed by atoms with Crippen LogP contribution in [0.3, 0.4) is 0 Å². The minimum Gasteiger partial charge on any atom is -0.487 e. The molecular formula is C16H13BrN2O2S. The van der Waals surface area contributed by atoms with E-state index in [0.29, 0.717) is 11.7 Å². The third-order valence-electron chi connectivity index (χ3n) is 3.00. The molecule has 0 radical (unpaired) electrons. The lowest BCUT2D eigenvalue weighted by Gasteiger charge is -2.06. The molecule has 3 rings (SSSR count). The number of benzene rings is 2. The minimum atomic E-state index is -0.123. The van der Waals surface area contributed by atoms with Crippen molar-refractivity contribution in [1.82, 2.24) is 4.98 Å². The van der Waals surface area contributed by atoms with Crippen molar-refractivity contribution < 1.29 is 9.53 Å². The van der Waals surface area contributed by atoms with Gasteiger partial charge in [0.05, 0.1) is 5.69 Å². The van der Waals surface area contributed by atoms with E-state index in [0.717, 1.165) is 26.7 Å². The fourth-order valence-electron chi connectivity index (χ4n) is 2.02. The number of carbonyl (C=O) groups excluding carboxylic acids is 1. The van der Waals surface area contributed by atoms with Gasteiger partial charge < -0.3 is 10.1 Å². The molecule has 0 atom stereocenters. The van der Waals surface area contributed by atoms with Crippen LogP contribution in [0.15, 0.2) is 46.3 Å². The Morgan fingerprint density at radius 3 is 2.86 bits per heavy atom. The summed E-state index contributed by atoms with van der Waals surface area (Å²) in [4.78, 5) is 15.3. The maximum atomic E-state index is 11.0. The average molecular weight is 377 g/mol. The number of nitrogens with one attached hydrogen (secondary N) is 1. The number of halogens is 1. The number of rotatable bonds is 4. The second kappa shape index (κ2) is 6.46. The number of amides is 1. The molecule has 3 aromatic rings. The number of aromatic nitrogens is 1. The summed E-state index contributed by atoms with van der Waals surface area (Å²) < 4.78 is 6.83. The topological polar surface area (TPSA) is 51.2 Å². The van der Waals surface area contributed by atoms with Gasteiger partial charge in [-0.05, 0) is 35.0 Å². The van der Waals surface area contributed by atoms with Crippen molar-refractivity contribution >= 4 is 49.1 Å². The molecule has 0 spiro atoms. The van der Waals surface area contributed by atoms with Crippen molar-refractivity contribution in [3.63, 3.8) is 0 Å². The molecule has 0 aliphatic rings. The predicted molar refractivity (Wildman–Crippen MR) is 92.4 cm³/mol. The number of ether oxygens (including phenoxy) is 1. The highest BCUT2D eigenvalue weighted by Gasteiger charge is 2.05. The molecule has 4 nitrogen and oxygen atoms in total. The van der Waals surface area contributed by atoms with E-state index in [-0.39, 0.29) is 5.91 Å². The summed E-state index contributed by atoms with van der Waals surface area (Å²) in [5.41, 5.74) is 0.796. The highest BCUT2D eigenvalue weighted by Crippen LogP contribution is 2.25. The molecule has 1 aromatic heterocycles. The number of hydrogen-bond donors (Lipinski definition) is 1. The van der Waals surface area contributed by atoms with Gasteiger partial charge in [-0.25, -0.2) is 4.98 Å². The summed E-state index contributed by atoms with van der Waals surface area (Å²) in [7, 11) is 0. The van der Waals surface area contributed by atoms with E-state index >= 15 is 0 Å². The van der Waals surface area contributed by atoms with E-state index in [2.05, 4.69) is 32.3 Å². The number of hydrogen-bond acceptors (Lipinski definition) is 4. The molecule has 6 heteroatoms. The van der Waals surface area contributed by atoms with Gasteiger partial charge >= 0.3 is 0 Å². The third kappa shape index (κ3) is 3.64. The van der Waals surface area contributed by atoms with Crippen LogP contribution in [-0.2, 0) is 11.4 Å². The minimum absolute atomic E-state index is 0.123. The molecule has 0 fully saturated rings. The first-order valence-electron chi connectivity index (χ1n) is 6.64. The summed E-state index contributed by atoms with van der Waals surface area (Å²) in [5.74, 6) is 0.673. The SMILES string of the molecule is CC(=O)Nc1nc(COc2ccc3cc(Br)ccc3c2)cs1. The molecular weight excluding hydrogens is 364 g/mol. The molecule has 0 saturated carbocycles. The molecule has 1 heterocycles. The Balaban J connectivity index is 1.69. The molecule has 1 amide bonds. The number of thiazole rings is 1. The van der Waals surface area contributed by atoms with Gasteiger partial charge in [-0.1, -0.05) is 28.1 Å². The Morgan fingerprint density at radius 2 is 2.05 bits per heavy atom. The molecule has 0 bridgehead atoms. The second-order valence-electron chi connectivity index (χ2n) is 4.77. The Hall–Kier alpha value is -1.92. The quantitative estimate of drug-likeness (QED) is 0.723. The summed E-state index contributed by atoms with van der Waals surface area (Å²) >= 11 is 4.85. The van der Waals surface area contributed by atoms with E-state index in [1.54, 1.807) is 0 Å². The number of nitrogens with zero attached hydrogens (tertiary/aromatic N) is 1. The molecule has 22 heavy (non-hydrogen) atoms. The normalized spacial score (nSPS) is 10.6. The van der Waals surface area contributed by atoms with Crippen LogP contribution in [0.1, 0.15) is 12.6 Å². The predicted octanol–water partition coefficient (Wildman–Crippen LogP) is 4.60. The van der Waals surface area contributed by atoms with Gasteiger partial charge in [-0.15, -0.1) is 11.3 Å². The lowest BCUT2D eigenvalue weighted by molar-refractivity contribution is -0.114. The van der Waals surface area contributed by atoms with Crippen LogP contribution in [0.5, 0.6) is 5.75 Å². The standard InChI is InChI=1S/C16H13BrN2O2S/c1-10(20)18-16-19-14(9-22-16)8-21-15-5-3-11-6-13(17)4-2-12(11)7-15/h2-7,9H,8H2,1H3,(H,18,19,20). The average Bonchev–Trinajstić information content (AvgIpc) is 2.91. The Bertz CT molecular complexity index is 832. The van der Waals surface area contributed by atoms with Gasteiger partial charge in [0.1, 0.15) is 12.4 Å². The van der Waals surface area contributed by atoms with E-state index in [1.807, 2.05) is 35.7 Å². The van der Waals surface area contributed by atoms with Gasteiger partial charge in [0, 0.05) is 16.8 Å². The summed E-state index contributed by atoms with van der Waals surface area (Å²) in [6, 6.07) is 12.1. The molecule has 112 valence electrons. The van der Waals surface area contributed by atoms with Crippen LogP contribution >= 0.6 is 27.3 Å². The number of carbonyl (C=O) groups is 1. The lowest BCUT2D eigenvalue weighted by Crippen LogP contribution is -2.05. The molecule has 1 N–H and O–H groups in total. The summed E-state index contributed by atoms with van der Waals surface area (Å²) in [6.07, 6.45) is 0. The third-order valence-corrected chi connectivity index (χ3v) is 4.29. The van der Waals surface area contributed by atoms with Gasteiger partial charge in [-0.2, -0.15) is 0 Å². The van der Waals surface area contributed by atoms with Crippen molar-refractivity contribution in [2.75, 3.05) is 5.32 Å². The first-order chi connectivity index (χ1) is 10.6. The van der Waals surface area contributed by atoms with Gasteiger partial charge in [0.15, 0.2) is 5.13 Å². The number of fused-ring (bicyclic) bond motifs is 1. The monoisotopic (exact) mass is 376 g/mol. The van der Waals surface area contributed by atoms with Crippen LogP contribution < -0.4 is 10.1 Å². The Kier molecular flexibility index (Phi) is 4.40. The van der Waals surface area contributed by atoms with Crippen LogP contribution in [-0.4, -0.2) is 10.9 Å². The van der Waals surface area contributed by atoms with Crippen molar-refractivity contribution in [2.45, 2.75) is 13.5 Å². The van der Waals surface area contributed by atoms with Gasteiger partial charge in [0.25, 0.3) is 0 Å². The fraction of sp³-hybridized carbons (Fsp3) is 0.125. The first kappa shape index (κ1) is 15.0. The summed E-state index contributed by atoms with van der Waals surface area (Å²) in [6.45, 7) is 1.84. The highest BCUT2D eigenvalue weighted by molar-refractivity contribution is 9.10. The van der Waals surface area contributed by atoms with Crippen LogP contribution in [0.2, 0.25) is 0 Å². The van der Waals surface area contributed by atoms with Crippen molar-refractivity contribution in [3.8, 4) is 5.75 Å². The van der Waals surface area contributed by atoms with E-state index < -0.39 is 0 Å². The van der Waals surface area contributed by atoms with E-state index in [9.17, 15) is 4.79 Å². The first-order valence-corrected chi connectivity index (χ1v) is 8.31. The molecule has 0 unspecified atom stereocenters. The number of anilines is 1. The molecule has 0 aliphatic heterocycles. The van der Waals surface area contributed by atoms with Crippen molar-refractivity contribution in [3.05, 3.63) is 51.9 Å². The molecule has 0 saturated heterocycles. The van der Waals surface area contributed by atoms with Gasteiger partial charge in [0.2, 0.25) is 5.91 Å². The zero-order chi connectivity index (χ0) is 15.5. The lowest BCUT2D eigenvalue weighted by atomic mass is 10.1. The van der Waals surface area contributed by atoms with Gasteiger partial charge in [-0.3, -0.25) is 4.79 Å². The largest absolute Gasteiger partial charge is 0.487 e. The zero-order valence-electron chi connectivity index (χ0n) is 11.8. The Morgan fingerprint density at radius 1 is 1.27 bits per heavy atom. The smallest absolute Gasteiger partial charge is 0.223 e. The van der Waals surface area contributed by atoms with Crippen LogP contribution in [0, 0.1) is 0 Å². The van der Waals surface area contributed by atoms with Crippen molar-refractivity contribution in [1.29, 1.82) is 0 Å². The Labute approximate surface area is 140 Å². The zero-order valence-corrected chi connectivity index (χ0v) is 14.2. The second-order valence-corrected chi connectivity index (χ2v) is 6.54. The molecule has 0 aliphatic carbocycles. The van der Waals surface area contributed by atoms with E-state index in [1.165, 1.54) is 18.3 Å². The van der Waals surface area contributed by atoms with E-state index in [4.69, 9.17) is 4.74 Å². The van der Waals surface area contributed by atoms with Crippen LogP contribution in [0.4, 0.5) is 5.13 Å². The van der Waals surface area contributed by atoms with Crippen molar-refractivity contribution in [2.24, 2.45) is 0 Å². The molecule has 2 aromatic carbocycles. The maximum Gasteiger partial charge on any atom is 0.223 e. The highest BCUT2D eigenvalue weighted by atomic mass is 79.9.